The second-order valence-corrected chi connectivity index (χ2v) is 17.2. The van der Waals surface area contributed by atoms with Gasteiger partial charge in [-0.05, 0) is 127 Å². The van der Waals surface area contributed by atoms with Crippen LogP contribution >= 0.6 is 11.3 Å². The van der Waals surface area contributed by atoms with Crippen molar-refractivity contribution in [2.75, 3.05) is 4.90 Å². The quantitative estimate of drug-likeness (QED) is 0.156. The van der Waals surface area contributed by atoms with Crippen LogP contribution in [0.4, 0.5) is 17.1 Å². The minimum atomic E-state index is -0.0926. The van der Waals surface area contributed by atoms with Crippen molar-refractivity contribution in [1.82, 2.24) is 0 Å². The van der Waals surface area contributed by atoms with Crippen LogP contribution in [0.3, 0.4) is 0 Å². The van der Waals surface area contributed by atoms with Gasteiger partial charge < -0.3 is 4.90 Å². The molecule has 9 aromatic carbocycles. The van der Waals surface area contributed by atoms with Crippen molar-refractivity contribution in [3.05, 3.63) is 223 Å². The van der Waals surface area contributed by atoms with E-state index in [2.05, 4.69) is 231 Å². The second-order valence-electron chi connectivity index (χ2n) is 16.1. The van der Waals surface area contributed by atoms with E-state index in [-0.39, 0.29) is 5.41 Å². The molecule has 1 aromatic heterocycles. The van der Waals surface area contributed by atoms with Crippen molar-refractivity contribution in [2.45, 2.75) is 19.3 Å². The van der Waals surface area contributed by atoms with Crippen LogP contribution in [0.5, 0.6) is 0 Å². The molecule has 0 amide bonds. The maximum Gasteiger partial charge on any atom is 0.0467 e. The molecule has 1 aliphatic rings. The first-order chi connectivity index (χ1) is 29.0. The average molecular weight is 772 g/mol. The lowest BCUT2D eigenvalue weighted by atomic mass is 9.81. The summed E-state index contributed by atoms with van der Waals surface area (Å²) < 4.78 is 2.64. The van der Waals surface area contributed by atoms with Crippen LogP contribution in [0.15, 0.2) is 212 Å². The van der Waals surface area contributed by atoms with E-state index >= 15 is 0 Å². The Bertz CT molecular complexity index is 3170. The zero-order valence-corrected chi connectivity index (χ0v) is 33.9. The molecule has 2 heteroatoms. The molecule has 0 radical (unpaired) electrons. The molecule has 0 aliphatic heterocycles. The van der Waals surface area contributed by atoms with Gasteiger partial charge in [0.1, 0.15) is 0 Å². The first kappa shape index (κ1) is 35.2. The Morgan fingerprint density at radius 3 is 1.59 bits per heavy atom. The fraction of sp³-hybridized carbons (Fsp3) is 0.0526. The molecule has 1 aliphatic carbocycles. The summed E-state index contributed by atoms with van der Waals surface area (Å²) in [6, 6.07) is 78.0. The molecular weight excluding hydrogens is 731 g/mol. The minimum Gasteiger partial charge on any atom is -0.310 e. The second kappa shape index (κ2) is 14.1. The highest BCUT2D eigenvalue weighted by Gasteiger charge is 2.35. The van der Waals surface area contributed by atoms with Crippen LogP contribution in [-0.4, -0.2) is 0 Å². The van der Waals surface area contributed by atoms with Gasteiger partial charge >= 0.3 is 0 Å². The number of hydrogen-bond acceptors (Lipinski definition) is 2. The topological polar surface area (TPSA) is 3.24 Å². The summed E-state index contributed by atoms with van der Waals surface area (Å²) in [5.41, 5.74) is 18.4. The monoisotopic (exact) mass is 771 g/mol. The van der Waals surface area contributed by atoms with Crippen molar-refractivity contribution in [2.24, 2.45) is 0 Å². The Kier molecular flexibility index (Phi) is 8.43. The third-order valence-corrected chi connectivity index (χ3v) is 13.4. The van der Waals surface area contributed by atoms with Gasteiger partial charge in [0.05, 0.1) is 0 Å². The summed E-state index contributed by atoms with van der Waals surface area (Å²) in [6.07, 6.45) is 0. The van der Waals surface area contributed by atoms with E-state index in [0.29, 0.717) is 0 Å². The van der Waals surface area contributed by atoms with E-state index in [4.69, 9.17) is 0 Å². The van der Waals surface area contributed by atoms with Crippen molar-refractivity contribution in [3.8, 4) is 55.6 Å². The highest BCUT2D eigenvalue weighted by atomic mass is 32.1. The third-order valence-electron chi connectivity index (χ3n) is 12.3. The van der Waals surface area contributed by atoms with Gasteiger partial charge in [-0.3, -0.25) is 0 Å². The molecule has 1 nitrogen and oxygen atoms in total. The summed E-state index contributed by atoms with van der Waals surface area (Å²) in [7, 11) is 0. The summed E-state index contributed by atoms with van der Waals surface area (Å²) in [5.74, 6) is 0. The van der Waals surface area contributed by atoms with Gasteiger partial charge in [0.25, 0.3) is 0 Å². The van der Waals surface area contributed by atoms with E-state index in [1.54, 1.807) is 0 Å². The molecular formula is C57H41NS. The summed E-state index contributed by atoms with van der Waals surface area (Å²) in [4.78, 5) is 2.40. The first-order valence-corrected chi connectivity index (χ1v) is 21.2. The summed E-state index contributed by atoms with van der Waals surface area (Å²) in [6.45, 7) is 4.73. The largest absolute Gasteiger partial charge is 0.310 e. The lowest BCUT2D eigenvalue weighted by molar-refractivity contribution is 0.660. The maximum absolute atomic E-state index is 2.41. The summed E-state index contributed by atoms with van der Waals surface area (Å²) in [5, 5.41) is 2.65. The number of hydrogen-bond donors (Lipinski definition) is 0. The maximum atomic E-state index is 2.41. The fourth-order valence-electron chi connectivity index (χ4n) is 9.28. The van der Waals surface area contributed by atoms with Crippen molar-refractivity contribution in [3.63, 3.8) is 0 Å². The molecule has 11 rings (SSSR count). The van der Waals surface area contributed by atoms with Gasteiger partial charge in [-0.1, -0.05) is 166 Å². The van der Waals surface area contributed by atoms with E-state index < -0.39 is 0 Å². The molecule has 0 atom stereocenters. The summed E-state index contributed by atoms with van der Waals surface area (Å²) >= 11 is 1.87. The number of fused-ring (bicyclic) bond motifs is 6. The van der Waals surface area contributed by atoms with Crippen LogP contribution in [0.25, 0.3) is 75.8 Å². The van der Waals surface area contributed by atoms with Gasteiger partial charge in [-0.2, -0.15) is 0 Å². The van der Waals surface area contributed by atoms with Gasteiger partial charge in [0, 0.05) is 42.6 Å². The molecule has 0 N–H and O–H groups in total. The number of rotatable bonds is 7. The molecule has 0 saturated carbocycles. The van der Waals surface area contributed by atoms with Crippen molar-refractivity contribution in [1.29, 1.82) is 0 Å². The Morgan fingerprint density at radius 1 is 0.339 bits per heavy atom. The predicted molar refractivity (Wildman–Crippen MR) is 253 cm³/mol. The molecule has 0 spiro atoms. The minimum absolute atomic E-state index is 0.0926. The Morgan fingerprint density at radius 2 is 0.881 bits per heavy atom. The van der Waals surface area contributed by atoms with Crippen LogP contribution in [-0.2, 0) is 5.41 Å². The standard InChI is InChI=1S/C57H41NS/c1-57(2)52-33-29-43(36-51(52)49-32-28-44(37-53(49)57)39-16-7-4-8-17-39)42-19-12-21-47(35-42)58(46-20-11-18-41(34-46)38-14-5-3-6-15-38)45-30-26-40(27-31-45)48-23-13-25-55-56(48)50-22-9-10-24-54(50)59-55/h3-37H,1-2H3. The van der Waals surface area contributed by atoms with Gasteiger partial charge in [-0.15, -0.1) is 11.3 Å². The molecule has 1 heterocycles. The molecule has 0 saturated heterocycles. The SMILES string of the molecule is CC1(C)c2ccc(-c3cccc(N(c4ccc(-c5cccc6sc7ccccc7c56)cc4)c4cccc(-c5ccccc5)c4)c3)cc2-c2ccc(-c3ccccc3)cc21. The molecule has 0 bridgehead atoms. The molecule has 0 fully saturated rings. The average Bonchev–Trinajstić information content (AvgIpc) is 3.79. The Hall–Kier alpha value is -7.00. The van der Waals surface area contributed by atoms with E-state index in [1.807, 2.05) is 11.3 Å². The molecule has 0 unspecified atom stereocenters. The number of benzene rings is 9. The van der Waals surface area contributed by atoms with Gasteiger partial charge in [-0.25, -0.2) is 0 Å². The number of thiophene rings is 1. The highest BCUT2D eigenvalue weighted by Crippen LogP contribution is 2.51. The van der Waals surface area contributed by atoms with Crippen LogP contribution in [0.1, 0.15) is 25.0 Å². The Balaban J connectivity index is 1.01. The van der Waals surface area contributed by atoms with E-state index in [0.717, 1.165) is 17.1 Å². The highest BCUT2D eigenvalue weighted by molar-refractivity contribution is 7.25. The lowest BCUT2D eigenvalue weighted by Gasteiger charge is -2.27. The zero-order valence-electron chi connectivity index (χ0n) is 33.1. The first-order valence-electron chi connectivity index (χ1n) is 20.4. The third kappa shape index (κ3) is 6.07. The van der Waals surface area contributed by atoms with Crippen molar-refractivity contribution >= 4 is 48.6 Å². The fourth-order valence-corrected chi connectivity index (χ4v) is 10.4. The van der Waals surface area contributed by atoms with E-state index in [1.165, 1.54) is 86.9 Å². The normalized spacial score (nSPS) is 12.7. The molecule has 10 aromatic rings. The van der Waals surface area contributed by atoms with Crippen LogP contribution < -0.4 is 4.90 Å². The predicted octanol–water partition coefficient (Wildman–Crippen LogP) is 16.5. The van der Waals surface area contributed by atoms with Crippen LogP contribution in [0.2, 0.25) is 0 Å². The molecule has 280 valence electrons. The Labute approximate surface area is 350 Å². The molecule has 59 heavy (non-hydrogen) atoms. The van der Waals surface area contributed by atoms with Gasteiger partial charge in [0.15, 0.2) is 0 Å². The number of anilines is 3. The van der Waals surface area contributed by atoms with Crippen LogP contribution in [0, 0.1) is 0 Å². The van der Waals surface area contributed by atoms with Crippen molar-refractivity contribution < 1.29 is 0 Å². The number of nitrogens with zero attached hydrogens (tertiary/aromatic N) is 1. The smallest absolute Gasteiger partial charge is 0.0467 e. The van der Waals surface area contributed by atoms with E-state index in [9.17, 15) is 0 Å². The zero-order chi connectivity index (χ0) is 39.5. The van der Waals surface area contributed by atoms with Gasteiger partial charge in [0.2, 0.25) is 0 Å². The lowest BCUT2D eigenvalue weighted by Crippen LogP contribution is -2.15.